The fourth-order valence-corrected chi connectivity index (χ4v) is 4.24. The van der Waals surface area contributed by atoms with Gasteiger partial charge in [-0.1, -0.05) is 50.7 Å². The smallest absolute Gasteiger partial charge is 0.241 e. The van der Waals surface area contributed by atoms with Crippen LogP contribution in [0.4, 0.5) is 0 Å². The van der Waals surface area contributed by atoms with Crippen molar-refractivity contribution in [2.45, 2.75) is 56.3 Å². The minimum atomic E-state index is -3.48. The number of hydrogen-bond donors (Lipinski definition) is 2. The van der Waals surface area contributed by atoms with E-state index in [1.165, 1.54) is 25.7 Å². The number of nitrogens with two attached hydrogens (primary N) is 1. The van der Waals surface area contributed by atoms with E-state index in [0.29, 0.717) is 16.8 Å². The molecule has 0 atom stereocenters. The van der Waals surface area contributed by atoms with Crippen molar-refractivity contribution in [3.63, 3.8) is 0 Å². The van der Waals surface area contributed by atoms with Crippen molar-refractivity contribution in [3.05, 3.63) is 36.7 Å². The van der Waals surface area contributed by atoms with Crippen LogP contribution in [0.25, 0.3) is 10.8 Å². The summed E-state index contributed by atoms with van der Waals surface area (Å²) in [6.07, 6.45) is 12.4. The first-order valence-electron chi connectivity index (χ1n) is 9.17. The Kier molecular flexibility index (Phi) is 8.31. The average Bonchev–Trinajstić information content (AvgIpc) is 2.62. The third kappa shape index (κ3) is 6.38. The molecule has 0 unspecified atom stereocenters. The van der Waals surface area contributed by atoms with Gasteiger partial charge in [0.15, 0.2) is 0 Å². The summed E-state index contributed by atoms with van der Waals surface area (Å²) in [6.45, 7) is 1.27. The molecule has 0 aliphatic rings. The summed E-state index contributed by atoms with van der Waals surface area (Å²) >= 11 is 0. The summed E-state index contributed by atoms with van der Waals surface area (Å²) in [5.41, 5.74) is 5.47. The van der Waals surface area contributed by atoms with E-state index in [0.717, 1.165) is 37.6 Å². The fraction of sp³-hybridized carbons (Fsp3) is 0.526. The number of pyridine rings is 1. The lowest BCUT2D eigenvalue weighted by atomic mass is 10.1. The van der Waals surface area contributed by atoms with Crippen molar-refractivity contribution in [3.8, 4) is 0 Å². The number of hydrogen-bond acceptors (Lipinski definition) is 4. The number of sulfonamides is 1. The number of fused-ring (bicyclic) bond motifs is 1. The molecule has 0 fully saturated rings. The molecule has 25 heavy (non-hydrogen) atoms. The second kappa shape index (κ2) is 10.5. The summed E-state index contributed by atoms with van der Waals surface area (Å²) < 4.78 is 27.8. The summed E-state index contributed by atoms with van der Waals surface area (Å²) in [5, 5.41) is 1.54. The lowest BCUT2D eigenvalue weighted by Gasteiger charge is -2.09. The summed E-state index contributed by atoms with van der Waals surface area (Å²) in [7, 11) is -3.48. The zero-order valence-corrected chi connectivity index (χ0v) is 15.6. The molecule has 0 spiro atoms. The predicted octanol–water partition coefficient (Wildman–Crippen LogP) is 3.59. The normalized spacial score (nSPS) is 11.9. The molecule has 0 radical (unpaired) electrons. The van der Waals surface area contributed by atoms with Gasteiger partial charge in [-0.15, -0.1) is 0 Å². The Morgan fingerprint density at radius 1 is 0.920 bits per heavy atom. The molecule has 0 amide bonds. The average molecular weight is 364 g/mol. The van der Waals surface area contributed by atoms with Gasteiger partial charge in [-0.05, 0) is 31.5 Å². The van der Waals surface area contributed by atoms with Crippen molar-refractivity contribution < 1.29 is 8.42 Å². The first kappa shape index (κ1) is 19.8. The quantitative estimate of drug-likeness (QED) is 0.564. The Morgan fingerprint density at radius 3 is 2.32 bits per heavy atom. The van der Waals surface area contributed by atoms with Gasteiger partial charge >= 0.3 is 0 Å². The minimum Gasteiger partial charge on any atom is -0.330 e. The van der Waals surface area contributed by atoms with Gasteiger partial charge in [-0.3, -0.25) is 4.98 Å². The van der Waals surface area contributed by atoms with Crippen LogP contribution in [0.2, 0.25) is 0 Å². The molecule has 1 aromatic heterocycles. The van der Waals surface area contributed by atoms with E-state index >= 15 is 0 Å². The molecule has 2 aromatic rings. The van der Waals surface area contributed by atoms with E-state index in [1.54, 1.807) is 30.6 Å². The Bertz CT molecular complexity index is 742. The van der Waals surface area contributed by atoms with Crippen molar-refractivity contribution in [2.24, 2.45) is 5.73 Å². The van der Waals surface area contributed by atoms with E-state index in [4.69, 9.17) is 5.73 Å². The molecule has 0 aliphatic carbocycles. The van der Waals surface area contributed by atoms with Gasteiger partial charge in [0.1, 0.15) is 0 Å². The van der Waals surface area contributed by atoms with Crippen molar-refractivity contribution in [1.29, 1.82) is 0 Å². The van der Waals surface area contributed by atoms with Gasteiger partial charge in [0, 0.05) is 29.7 Å². The second-order valence-electron chi connectivity index (χ2n) is 6.37. The maximum atomic E-state index is 12.5. The zero-order valence-electron chi connectivity index (χ0n) is 14.8. The molecule has 0 bridgehead atoms. The molecular weight excluding hydrogens is 334 g/mol. The van der Waals surface area contributed by atoms with Crippen LogP contribution in [-0.4, -0.2) is 26.5 Å². The van der Waals surface area contributed by atoms with Crippen molar-refractivity contribution in [1.82, 2.24) is 9.71 Å². The fourth-order valence-electron chi connectivity index (χ4n) is 2.94. The summed E-state index contributed by atoms with van der Waals surface area (Å²) in [5.74, 6) is 0. The molecule has 0 saturated carbocycles. The molecule has 3 N–H and O–H groups in total. The Balaban J connectivity index is 1.73. The SMILES string of the molecule is NCCCCCCCCCCNS(=O)(=O)c1cccc2cnccc12. The van der Waals surface area contributed by atoms with Gasteiger partial charge in [0.2, 0.25) is 10.0 Å². The van der Waals surface area contributed by atoms with Crippen LogP contribution >= 0.6 is 0 Å². The van der Waals surface area contributed by atoms with Crippen LogP contribution in [0, 0.1) is 0 Å². The second-order valence-corrected chi connectivity index (χ2v) is 8.10. The number of aromatic nitrogens is 1. The minimum absolute atomic E-state index is 0.326. The third-order valence-electron chi connectivity index (χ3n) is 4.35. The molecule has 1 aromatic carbocycles. The van der Waals surface area contributed by atoms with Gasteiger partial charge in [0.05, 0.1) is 4.90 Å². The Morgan fingerprint density at radius 2 is 1.60 bits per heavy atom. The van der Waals surface area contributed by atoms with Gasteiger partial charge in [0.25, 0.3) is 0 Å². The Hall–Kier alpha value is -1.50. The van der Waals surface area contributed by atoms with Crippen molar-refractivity contribution >= 4 is 20.8 Å². The van der Waals surface area contributed by atoms with Crippen LogP contribution < -0.4 is 10.5 Å². The zero-order chi connectivity index (χ0) is 18.0. The first-order chi connectivity index (χ1) is 12.1. The number of nitrogens with zero attached hydrogens (tertiary/aromatic N) is 1. The number of unbranched alkanes of at least 4 members (excludes halogenated alkanes) is 7. The molecule has 0 saturated heterocycles. The number of rotatable bonds is 12. The lowest BCUT2D eigenvalue weighted by molar-refractivity contribution is 0.557. The summed E-state index contributed by atoms with van der Waals surface area (Å²) in [4.78, 5) is 4.37. The Labute approximate surface area is 151 Å². The number of nitrogens with one attached hydrogen (secondary N) is 1. The van der Waals surface area contributed by atoms with Crippen LogP contribution in [0.1, 0.15) is 51.4 Å². The standard InChI is InChI=1S/C19H29N3O2S/c20-13-7-5-3-1-2-4-6-8-14-22-25(23,24)19-11-9-10-17-16-21-15-12-18(17)19/h9-12,15-16,22H,1-8,13-14,20H2. The predicted molar refractivity (Wildman–Crippen MR) is 103 cm³/mol. The van der Waals surface area contributed by atoms with Gasteiger partial charge in [-0.2, -0.15) is 0 Å². The largest absolute Gasteiger partial charge is 0.330 e. The van der Waals surface area contributed by atoms with Crippen LogP contribution in [0.15, 0.2) is 41.6 Å². The van der Waals surface area contributed by atoms with E-state index in [2.05, 4.69) is 9.71 Å². The van der Waals surface area contributed by atoms with E-state index in [-0.39, 0.29) is 0 Å². The van der Waals surface area contributed by atoms with Crippen LogP contribution in [-0.2, 0) is 10.0 Å². The molecule has 5 nitrogen and oxygen atoms in total. The van der Waals surface area contributed by atoms with Crippen LogP contribution in [0.5, 0.6) is 0 Å². The highest BCUT2D eigenvalue weighted by Gasteiger charge is 2.16. The molecule has 0 aliphatic heterocycles. The number of benzene rings is 1. The lowest BCUT2D eigenvalue weighted by Crippen LogP contribution is -2.25. The highest BCUT2D eigenvalue weighted by molar-refractivity contribution is 7.89. The highest BCUT2D eigenvalue weighted by Crippen LogP contribution is 2.21. The van der Waals surface area contributed by atoms with Gasteiger partial charge < -0.3 is 5.73 Å². The molecule has 2 rings (SSSR count). The van der Waals surface area contributed by atoms with Crippen molar-refractivity contribution in [2.75, 3.05) is 13.1 Å². The monoisotopic (exact) mass is 363 g/mol. The highest BCUT2D eigenvalue weighted by atomic mass is 32.2. The van der Waals surface area contributed by atoms with E-state index < -0.39 is 10.0 Å². The van der Waals surface area contributed by atoms with E-state index in [9.17, 15) is 8.42 Å². The molecule has 1 heterocycles. The topological polar surface area (TPSA) is 85.1 Å². The van der Waals surface area contributed by atoms with Gasteiger partial charge in [-0.25, -0.2) is 13.1 Å². The van der Waals surface area contributed by atoms with E-state index in [1.807, 2.05) is 6.07 Å². The van der Waals surface area contributed by atoms with Crippen LogP contribution in [0.3, 0.4) is 0 Å². The molecular formula is C19H29N3O2S. The third-order valence-corrected chi connectivity index (χ3v) is 5.87. The molecule has 138 valence electrons. The first-order valence-corrected chi connectivity index (χ1v) is 10.7. The summed E-state index contributed by atoms with van der Waals surface area (Å²) in [6, 6.07) is 7.01. The maximum Gasteiger partial charge on any atom is 0.241 e. The maximum absolute atomic E-state index is 12.5. The molecule has 6 heteroatoms.